The largest absolute Gasteiger partial charge is 0.449 e. The highest BCUT2D eigenvalue weighted by Gasteiger charge is 2.47. The number of nitrogens with one attached hydrogen (secondary N) is 1. The molecule has 0 spiro atoms. The molecule has 2 fully saturated rings. The maximum Gasteiger partial charge on any atom is 0.287 e. The van der Waals surface area contributed by atoms with Crippen molar-refractivity contribution in [1.29, 1.82) is 0 Å². The molecule has 1 aliphatic carbocycles. The highest BCUT2D eigenvalue weighted by molar-refractivity contribution is 5.93. The summed E-state index contributed by atoms with van der Waals surface area (Å²) in [6, 6.07) is 2.79. The first-order chi connectivity index (χ1) is 13.4. The molecular formula is C20H24N4O4. The zero-order chi connectivity index (χ0) is 19.8. The fourth-order valence-electron chi connectivity index (χ4n) is 4.29. The molecule has 0 aromatic carbocycles. The van der Waals surface area contributed by atoms with Crippen LogP contribution in [0.2, 0.25) is 0 Å². The van der Waals surface area contributed by atoms with E-state index in [-0.39, 0.29) is 17.1 Å². The summed E-state index contributed by atoms with van der Waals surface area (Å²) in [5.74, 6) is 1.06. The Labute approximate surface area is 162 Å². The number of aromatic nitrogens is 1. The van der Waals surface area contributed by atoms with Gasteiger partial charge in [0.25, 0.3) is 5.91 Å². The molecule has 0 bridgehead atoms. The van der Waals surface area contributed by atoms with Crippen LogP contribution in [0.4, 0.5) is 0 Å². The fourth-order valence-corrected chi connectivity index (χ4v) is 4.29. The minimum atomic E-state index is -0.398. The standard InChI is InChI=1S/C20H24N4O4/c1-23(2)11-19(26)24-9-13-5-12(15(13)10-24)7-22-20(27)17-6-16(25)14-3-4-21-8-18(14)28-17/h3-4,6,8,12-13,15H,5,7,9-11H2,1-2H3,(H,22,27)/t12-,13-,15-/m0/s1. The zero-order valence-electron chi connectivity index (χ0n) is 16.1. The molecule has 2 aliphatic rings. The maximum absolute atomic E-state index is 12.4. The first kappa shape index (κ1) is 18.6. The van der Waals surface area contributed by atoms with Gasteiger partial charge in [-0.3, -0.25) is 19.4 Å². The Bertz CT molecular complexity index is 970. The Morgan fingerprint density at radius 1 is 1.36 bits per heavy atom. The molecule has 1 aliphatic heterocycles. The van der Waals surface area contributed by atoms with E-state index in [9.17, 15) is 14.4 Å². The normalized spacial score (nSPS) is 23.5. The molecule has 3 heterocycles. The molecule has 2 aromatic heterocycles. The molecule has 148 valence electrons. The third kappa shape index (κ3) is 3.52. The summed E-state index contributed by atoms with van der Waals surface area (Å²) in [6.07, 6.45) is 3.95. The number of pyridine rings is 1. The van der Waals surface area contributed by atoms with Crippen molar-refractivity contribution in [3.8, 4) is 0 Å². The number of fused-ring (bicyclic) bond motifs is 2. The van der Waals surface area contributed by atoms with Crippen LogP contribution in [0.15, 0.2) is 33.7 Å². The fraction of sp³-hybridized carbons (Fsp3) is 0.500. The summed E-state index contributed by atoms with van der Waals surface area (Å²) in [4.78, 5) is 44.5. The number of carbonyl (C=O) groups excluding carboxylic acids is 2. The summed E-state index contributed by atoms with van der Waals surface area (Å²) in [6.45, 7) is 2.52. The van der Waals surface area contributed by atoms with E-state index in [0.717, 1.165) is 19.5 Å². The molecule has 0 unspecified atom stereocenters. The summed E-state index contributed by atoms with van der Waals surface area (Å²) in [5, 5.41) is 3.28. The monoisotopic (exact) mass is 384 g/mol. The number of carbonyl (C=O) groups is 2. The van der Waals surface area contributed by atoms with Crippen molar-refractivity contribution in [3.05, 3.63) is 40.5 Å². The lowest BCUT2D eigenvalue weighted by Crippen LogP contribution is -2.43. The second-order valence-electron chi connectivity index (χ2n) is 8.01. The zero-order valence-corrected chi connectivity index (χ0v) is 16.1. The van der Waals surface area contributed by atoms with Crippen molar-refractivity contribution in [2.45, 2.75) is 6.42 Å². The van der Waals surface area contributed by atoms with Crippen LogP contribution in [0.3, 0.4) is 0 Å². The van der Waals surface area contributed by atoms with E-state index < -0.39 is 5.91 Å². The van der Waals surface area contributed by atoms with Crippen LogP contribution in [0.25, 0.3) is 11.0 Å². The van der Waals surface area contributed by atoms with Crippen molar-refractivity contribution in [3.63, 3.8) is 0 Å². The van der Waals surface area contributed by atoms with Crippen LogP contribution in [-0.4, -0.2) is 66.9 Å². The summed E-state index contributed by atoms with van der Waals surface area (Å²) < 4.78 is 5.53. The summed E-state index contributed by atoms with van der Waals surface area (Å²) in [5.41, 5.74) is 0.0399. The molecule has 3 atom stereocenters. The van der Waals surface area contributed by atoms with Gasteiger partial charge in [-0.2, -0.15) is 0 Å². The molecule has 1 N–H and O–H groups in total. The number of likely N-dealkylation sites (N-methyl/N-ethyl adjacent to an activating group) is 1. The maximum atomic E-state index is 12.4. The molecule has 0 radical (unpaired) electrons. The Morgan fingerprint density at radius 3 is 2.96 bits per heavy atom. The Hall–Kier alpha value is -2.74. The van der Waals surface area contributed by atoms with Crippen LogP contribution >= 0.6 is 0 Å². The highest BCUT2D eigenvalue weighted by atomic mass is 16.3. The van der Waals surface area contributed by atoms with Gasteiger partial charge in [0.15, 0.2) is 16.8 Å². The van der Waals surface area contributed by atoms with Crippen LogP contribution in [0.5, 0.6) is 0 Å². The lowest BCUT2D eigenvalue weighted by atomic mass is 9.67. The first-order valence-electron chi connectivity index (χ1n) is 9.51. The average Bonchev–Trinajstić information content (AvgIpc) is 2.98. The van der Waals surface area contributed by atoms with E-state index in [1.165, 1.54) is 18.5 Å². The molecule has 2 aromatic rings. The predicted molar refractivity (Wildman–Crippen MR) is 103 cm³/mol. The van der Waals surface area contributed by atoms with Crippen molar-refractivity contribution in [1.82, 2.24) is 20.1 Å². The smallest absolute Gasteiger partial charge is 0.287 e. The Morgan fingerprint density at radius 2 is 2.18 bits per heavy atom. The molecule has 1 saturated carbocycles. The quantitative estimate of drug-likeness (QED) is 0.810. The van der Waals surface area contributed by atoms with E-state index >= 15 is 0 Å². The van der Waals surface area contributed by atoms with E-state index in [1.807, 2.05) is 23.9 Å². The highest BCUT2D eigenvalue weighted by Crippen LogP contribution is 2.45. The molecule has 8 heteroatoms. The Kier molecular flexibility index (Phi) is 4.89. The molecule has 2 amide bonds. The second-order valence-corrected chi connectivity index (χ2v) is 8.01. The average molecular weight is 384 g/mol. The Balaban J connectivity index is 1.34. The summed E-state index contributed by atoms with van der Waals surface area (Å²) >= 11 is 0. The SMILES string of the molecule is CN(C)CC(=O)N1C[C@@H]2C[C@@H](CNC(=O)c3cc(=O)c4ccncc4o3)[C@@H]2C1. The van der Waals surface area contributed by atoms with E-state index in [2.05, 4.69) is 10.3 Å². The van der Waals surface area contributed by atoms with Gasteiger partial charge < -0.3 is 19.5 Å². The van der Waals surface area contributed by atoms with Gasteiger partial charge in [0.1, 0.15) is 0 Å². The van der Waals surface area contributed by atoms with Crippen LogP contribution in [0.1, 0.15) is 17.0 Å². The minimum absolute atomic E-state index is 0.00409. The number of hydrogen-bond acceptors (Lipinski definition) is 6. The van der Waals surface area contributed by atoms with E-state index in [4.69, 9.17) is 4.42 Å². The molecular weight excluding hydrogens is 360 g/mol. The predicted octanol–water partition coefficient (Wildman–Crippen LogP) is 0.574. The number of rotatable bonds is 5. The molecule has 4 rings (SSSR count). The van der Waals surface area contributed by atoms with E-state index in [1.54, 1.807) is 6.07 Å². The van der Waals surface area contributed by atoms with Gasteiger partial charge in [0, 0.05) is 31.9 Å². The molecule has 1 saturated heterocycles. The van der Waals surface area contributed by atoms with Crippen molar-refractivity contribution in [2.75, 3.05) is 40.3 Å². The van der Waals surface area contributed by atoms with Gasteiger partial charge in [0.05, 0.1) is 18.1 Å². The molecule has 28 heavy (non-hydrogen) atoms. The topological polar surface area (TPSA) is 95.8 Å². The second kappa shape index (κ2) is 7.35. The number of nitrogens with zero attached hydrogens (tertiary/aromatic N) is 3. The van der Waals surface area contributed by atoms with Crippen LogP contribution in [0, 0.1) is 17.8 Å². The van der Waals surface area contributed by atoms with Gasteiger partial charge in [0.2, 0.25) is 5.91 Å². The van der Waals surface area contributed by atoms with Gasteiger partial charge in [-0.1, -0.05) is 0 Å². The van der Waals surface area contributed by atoms with Crippen molar-refractivity contribution >= 4 is 22.8 Å². The van der Waals surface area contributed by atoms with Gasteiger partial charge in [-0.05, 0) is 44.3 Å². The van der Waals surface area contributed by atoms with Gasteiger partial charge in [-0.25, -0.2) is 0 Å². The third-order valence-corrected chi connectivity index (χ3v) is 5.79. The summed E-state index contributed by atoms with van der Waals surface area (Å²) in [7, 11) is 3.78. The van der Waals surface area contributed by atoms with Crippen LogP contribution < -0.4 is 10.7 Å². The minimum Gasteiger partial charge on any atom is -0.449 e. The third-order valence-electron chi connectivity index (χ3n) is 5.79. The van der Waals surface area contributed by atoms with Gasteiger partial charge >= 0.3 is 0 Å². The number of amides is 2. The van der Waals surface area contributed by atoms with Crippen LogP contribution in [-0.2, 0) is 4.79 Å². The lowest BCUT2D eigenvalue weighted by Gasteiger charge is -2.39. The lowest BCUT2D eigenvalue weighted by molar-refractivity contribution is -0.130. The molecule has 8 nitrogen and oxygen atoms in total. The first-order valence-corrected chi connectivity index (χ1v) is 9.51. The number of hydrogen-bond donors (Lipinski definition) is 1. The van der Waals surface area contributed by atoms with Crippen molar-refractivity contribution < 1.29 is 14.0 Å². The van der Waals surface area contributed by atoms with E-state index in [0.29, 0.717) is 41.8 Å². The van der Waals surface area contributed by atoms with Crippen molar-refractivity contribution in [2.24, 2.45) is 17.8 Å². The van der Waals surface area contributed by atoms with Gasteiger partial charge in [-0.15, -0.1) is 0 Å². The number of likely N-dealkylation sites (tertiary alicyclic amines) is 1.